The molecule has 5 nitrogen and oxygen atoms in total. The number of hydrogen-bond donors (Lipinski definition) is 0. The maximum atomic E-state index is 12.8. The van der Waals surface area contributed by atoms with E-state index in [0.29, 0.717) is 5.82 Å². The molecule has 2 unspecified atom stereocenters. The van der Waals surface area contributed by atoms with Gasteiger partial charge in [0, 0.05) is 18.9 Å². The molecule has 152 valence electrons. The Morgan fingerprint density at radius 3 is 2.34 bits per heavy atom. The van der Waals surface area contributed by atoms with Gasteiger partial charge in [-0.3, -0.25) is 4.79 Å². The van der Waals surface area contributed by atoms with Crippen LogP contribution in [0.3, 0.4) is 0 Å². The van der Waals surface area contributed by atoms with E-state index in [1.165, 1.54) is 13.2 Å². The number of esters is 1. The van der Waals surface area contributed by atoms with Crippen LogP contribution in [-0.2, 0) is 20.7 Å². The third kappa shape index (κ3) is 5.21. The van der Waals surface area contributed by atoms with Gasteiger partial charge in [-0.25, -0.2) is 4.98 Å². The fourth-order valence-electron chi connectivity index (χ4n) is 3.00. The molecule has 0 spiro atoms. The fourth-order valence-corrected chi connectivity index (χ4v) is 3.00. The van der Waals surface area contributed by atoms with Crippen molar-refractivity contribution in [2.24, 2.45) is 0 Å². The van der Waals surface area contributed by atoms with E-state index in [0.717, 1.165) is 22.5 Å². The first-order chi connectivity index (χ1) is 14.0. The molecule has 0 bridgehead atoms. The molecule has 1 heterocycles. The molecule has 0 saturated heterocycles. The maximum absolute atomic E-state index is 12.8. The molecule has 2 rings (SSSR count). The smallest absolute Gasteiger partial charge is 0.312 e. The molecule has 0 saturated carbocycles. The highest BCUT2D eigenvalue weighted by molar-refractivity contribution is 5.77. The standard InChI is InChI=1S/C24H28N2O3/c1-7-15-26-19(16-23(27)29-21(9-3)20(8-2)28-6)24(25-22(26)10-4)18-13-11-17(5)12-14-18/h7-15,20-21H,2-4,16H2,1,5-6H3/b15-7+. The lowest BCUT2D eigenvalue weighted by atomic mass is 10.1. The summed E-state index contributed by atoms with van der Waals surface area (Å²) < 4.78 is 12.7. The lowest BCUT2D eigenvalue weighted by molar-refractivity contribution is -0.150. The Morgan fingerprint density at radius 2 is 1.83 bits per heavy atom. The zero-order valence-electron chi connectivity index (χ0n) is 17.3. The summed E-state index contributed by atoms with van der Waals surface area (Å²) in [7, 11) is 1.53. The Hall–Kier alpha value is -3.18. The number of nitrogens with zero attached hydrogens (tertiary/aromatic N) is 2. The zero-order chi connectivity index (χ0) is 21.4. The van der Waals surface area contributed by atoms with Crippen molar-refractivity contribution in [2.45, 2.75) is 32.5 Å². The summed E-state index contributed by atoms with van der Waals surface area (Å²) in [6.07, 6.45) is 7.47. The van der Waals surface area contributed by atoms with Crippen molar-refractivity contribution in [1.82, 2.24) is 9.55 Å². The van der Waals surface area contributed by atoms with Gasteiger partial charge in [0.05, 0.1) is 17.8 Å². The first kappa shape index (κ1) is 22.1. The predicted molar refractivity (Wildman–Crippen MR) is 118 cm³/mol. The molecule has 0 aliphatic rings. The van der Waals surface area contributed by atoms with Crippen LogP contribution in [-0.4, -0.2) is 34.8 Å². The molecule has 1 aromatic heterocycles. The van der Waals surface area contributed by atoms with Gasteiger partial charge in [-0.2, -0.15) is 0 Å². The molecule has 1 aromatic carbocycles. The molecule has 5 heteroatoms. The average molecular weight is 392 g/mol. The average Bonchev–Trinajstić information content (AvgIpc) is 3.06. The maximum Gasteiger partial charge on any atom is 0.312 e. The van der Waals surface area contributed by atoms with Crippen LogP contribution < -0.4 is 0 Å². The van der Waals surface area contributed by atoms with E-state index in [1.807, 2.05) is 55.0 Å². The fraction of sp³-hybridized carbons (Fsp3) is 0.250. The van der Waals surface area contributed by atoms with Gasteiger partial charge in [-0.15, -0.1) is 6.58 Å². The molecular formula is C24H28N2O3. The second kappa shape index (κ2) is 10.4. The van der Waals surface area contributed by atoms with E-state index < -0.39 is 18.2 Å². The van der Waals surface area contributed by atoms with Crippen LogP contribution in [0.2, 0.25) is 0 Å². The quantitative estimate of drug-likeness (QED) is 0.429. The van der Waals surface area contributed by atoms with E-state index in [4.69, 9.17) is 14.5 Å². The molecule has 2 aromatic rings. The monoisotopic (exact) mass is 392 g/mol. The summed E-state index contributed by atoms with van der Waals surface area (Å²) in [6.45, 7) is 15.2. The van der Waals surface area contributed by atoms with E-state index in [-0.39, 0.29) is 6.42 Å². The summed E-state index contributed by atoms with van der Waals surface area (Å²) >= 11 is 0. The predicted octanol–water partition coefficient (Wildman–Crippen LogP) is 4.83. The number of carbonyl (C=O) groups excluding carboxylic acids is 1. The normalized spacial score (nSPS) is 13.1. The molecule has 29 heavy (non-hydrogen) atoms. The van der Waals surface area contributed by atoms with Gasteiger partial charge in [0.15, 0.2) is 0 Å². The van der Waals surface area contributed by atoms with Gasteiger partial charge in [-0.05, 0) is 26.0 Å². The highest BCUT2D eigenvalue weighted by atomic mass is 16.6. The number of allylic oxidation sites excluding steroid dienone is 1. The Balaban J connectivity index is 2.43. The molecule has 0 N–H and O–H groups in total. The van der Waals surface area contributed by atoms with Crippen molar-refractivity contribution >= 4 is 18.2 Å². The summed E-state index contributed by atoms with van der Waals surface area (Å²) in [5.41, 5.74) is 3.51. The minimum atomic E-state index is -0.621. The van der Waals surface area contributed by atoms with Gasteiger partial charge < -0.3 is 14.0 Å². The van der Waals surface area contributed by atoms with Gasteiger partial charge in [0.1, 0.15) is 18.0 Å². The number of aromatic nitrogens is 2. The summed E-state index contributed by atoms with van der Waals surface area (Å²) in [5.74, 6) is 0.246. The van der Waals surface area contributed by atoms with Gasteiger partial charge >= 0.3 is 5.97 Å². The minimum Gasteiger partial charge on any atom is -0.455 e. The Labute approximate surface area is 172 Å². The second-order valence-electron chi connectivity index (χ2n) is 6.49. The van der Waals surface area contributed by atoms with E-state index in [1.54, 1.807) is 12.2 Å². The van der Waals surface area contributed by atoms with Crippen LogP contribution in [0.15, 0.2) is 62.2 Å². The number of methoxy groups -OCH3 is 1. The number of ether oxygens (including phenoxy) is 2. The van der Waals surface area contributed by atoms with Crippen molar-refractivity contribution in [3.05, 3.63) is 79.3 Å². The van der Waals surface area contributed by atoms with Crippen LogP contribution in [0, 0.1) is 6.92 Å². The number of imidazole rings is 1. The number of aryl methyl sites for hydroxylation is 1. The van der Waals surface area contributed by atoms with Crippen LogP contribution in [0.1, 0.15) is 24.0 Å². The highest BCUT2D eigenvalue weighted by Gasteiger charge is 2.23. The first-order valence-electron chi connectivity index (χ1n) is 9.39. The SMILES string of the molecule is C=Cc1nc(-c2ccc(C)cc2)c(CC(=O)OC(C=C)C(C=C)OC)n1/C=C/C. The zero-order valence-corrected chi connectivity index (χ0v) is 17.3. The Morgan fingerprint density at radius 1 is 1.17 bits per heavy atom. The second-order valence-corrected chi connectivity index (χ2v) is 6.49. The Bertz CT molecular complexity index is 907. The van der Waals surface area contributed by atoms with Crippen LogP contribution in [0.25, 0.3) is 23.5 Å². The van der Waals surface area contributed by atoms with Crippen LogP contribution in [0.5, 0.6) is 0 Å². The van der Waals surface area contributed by atoms with Gasteiger partial charge in [0.2, 0.25) is 0 Å². The van der Waals surface area contributed by atoms with Crippen molar-refractivity contribution < 1.29 is 14.3 Å². The Kier molecular flexibility index (Phi) is 7.92. The van der Waals surface area contributed by atoms with E-state index in [2.05, 4.69) is 19.7 Å². The van der Waals surface area contributed by atoms with Crippen molar-refractivity contribution in [1.29, 1.82) is 0 Å². The highest BCUT2D eigenvalue weighted by Crippen LogP contribution is 2.27. The number of carbonyl (C=O) groups is 1. The molecule has 0 fully saturated rings. The molecule has 0 aliphatic carbocycles. The molecule has 0 aliphatic heterocycles. The largest absolute Gasteiger partial charge is 0.455 e. The van der Waals surface area contributed by atoms with Crippen molar-refractivity contribution in [2.75, 3.05) is 7.11 Å². The lowest BCUT2D eigenvalue weighted by Gasteiger charge is -2.20. The molecule has 0 radical (unpaired) electrons. The molecule has 0 amide bonds. The summed E-state index contributed by atoms with van der Waals surface area (Å²) in [5, 5.41) is 0. The number of benzene rings is 1. The van der Waals surface area contributed by atoms with Gasteiger partial charge in [0.25, 0.3) is 0 Å². The number of rotatable bonds is 10. The van der Waals surface area contributed by atoms with Gasteiger partial charge in [-0.1, -0.05) is 55.1 Å². The van der Waals surface area contributed by atoms with Crippen molar-refractivity contribution in [3.63, 3.8) is 0 Å². The third-order valence-electron chi connectivity index (χ3n) is 4.48. The van der Waals surface area contributed by atoms with Crippen LogP contribution in [0.4, 0.5) is 0 Å². The number of hydrogen-bond acceptors (Lipinski definition) is 4. The first-order valence-corrected chi connectivity index (χ1v) is 9.39. The van der Waals surface area contributed by atoms with E-state index >= 15 is 0 Å². The molecular weight excluding hydrogens is 364 g/mol. The topological polar surface area (TPSA) is 53.4 Å². The van der Waals surface area contributed by atoms with E-state index in [9.17, 15) is 4.79 Å². The molecule has 2 atom stereocenters. The van der Waals surface area contributed by atoms with Crippen molar-refractivity contribution in [3.8, 4) is 11.3 Å². The summed E-state index contributed by atoms with van der Waals surface area (Å²) in [4.78, 5) is 17.5. The minimum absolute atomic E-state index is 0.0340. The summed E-state index contributed by atoms with van der Waals surface area (Å²) in [6, 6.07) is 8.01. The third-order valence-corrected chi connectivity index (χ3v) is 4.48. The van der Waals surface area contributed by atoms with Crippen LogP contribution >= 0.6 is 0 Å². The lowest BCUT2D eigenvalue weighted by Crippen LogP contribution is -2.30.